The molecule has 0 aromatic heterocycles. The quantitative estimate of drug-likeness (QED) is 0.714. The zero-order valence-corrected chi connectivity index (χ0v) is 16.8. The average molecular weight is 358 g/mol. The van der Waals surface area contributed by atoms with Crippen molar-refractivity contribution in [3.63, 3.8) is 0 Å². The Morgan fingerprint density at radius 2 is 1.44 bits per heavy atom. The molecule has 25 heavy (non-hydrogen) atoms. The lowest BCUT2D eigenvalue weighted by Gasteiger charge is -2.43. The summed E-state index contributed by atoms with van der Waals surface area (Å²) in [6, 6.07) is 21.4. The molecule has 3 nitrogen and oxygen atoms in total. The number of benzene rings is 2. The fourth-order valence-electron chi connectivity index (χ4n) is 3.44. The molecule has 0 aliphatic heterocycles. The average Bonchev–Trinajstić information content (AvgIpc) is 2.62. The number of aliphatic hydroxyl groups is 1. The Morgan fingerprint density at radius 3 is 1.80 bits per heavy atom. The van der Waals surface area contributed by atoms with Gasteiger partial charge in [0.15, 0.2) is 0 Å². The fourth-order valence-corrected chi connectivity index (χ4v) is 8.02. The summed E-state index contributed by atoms with van der Waals surface area (Å²) in [5, 5.41) is 15.2. The monoisotopic (exact) mass is 357 g/mol. The number of hydrogen-bond donors (Lipinski definition) is 2. The third kappa shape index (κ3) is 4.39. The maximum absolute atomic E-state index is 9.44. The van der Waals surface area contributed by atoms with Crippen molar-refractivity contribution in [1.29, 1.82) is 0 Å². The minimum Gasteiger partial charge on any atom is -0.407 e. The molecule has 0 heterocycles. The molecular weight excluding hydrogens is 326 g/mol. The van der Waals surface area contributed by atoms with Crippen LogP contribution in [0.2, 0.25) is 5.04 Å². The van der Waals surface area contributed by atoms with E-state index in [1.54, 1.807) is 0 Å². The lowest BCUT2D eigenvalue weighted by Crippen LogP contribution is -2.66. The smallest absolute Gasteiger partial charge is 0.261 e. The van der Waals surface area contributed by atoms with Gasteiger partial charge in [0.05, 0.1) is 6.61 Å². The molecule has 2 rings (SSSR count). The van der Waals surface area contributed by atoms with Crippen LogP contribution in [0, 0.1) is 0 Å². The molecule has 0 saturated heterocycles. The minimum absolute atomic E-state index is 0.00986. The van der Waals surface area contributed by atoms with Crippen LogP contribution in [-0.2, 0) is 4.43 Å². The van der Waals surface area contributed by atoms with E-state index in [4.69, 9.17) is 4.43 Å². The maximum atomic E-state index is 9.44. The van der Waals surface area contributed by atoms with Crippen molar-refractivity contribution >= 4 is 18.7 Å². The molecule has 0 fully saturated rings. The first kappa shape index (κ1) is 19.9. The third-order valence-corrected chi connectivity index (χ3v) is 9.87. The van der Waals surface area contributed by atoms with Crippen LogP contribution in [0.1, 0.15) is 27.2 Å². The molecule has 0 spiro atoms. The fraction of sp³-hybridized carbons (Fsp3) is 0.429. The highest BCUT2D eigenvalue weighted by atomic mass is 28.4. The van der Waals surface area contributed by atoms with Crippen LogP contribution in [0.4, 0.5) is 0 Å². The van der Waals surface area contributed by atoms with E-state index in [0.29, 0.717) is 6.61 Å². The molecule has 0 saturated carbocycles. The van der Waals surface area contributed by atoms with Crippen molar-refractivity contribution in [3.8, 4) is 0 Å². The first-order chi connectivity index (χ1) is 12.0. The van der Waals surface area contributed by atoms with E-state index in [2.05, 4.69) is 86.8 Å². The second kappa shape index (κ2) is 8.76. The Kier molecular flexibility index (Phi) is 6.96. The van der Waals surface area contributed by atoms with E-state index in [9.17, 15) is 5.11 Å². The first-order valence-corrected chi connectivity index (χ1v) is 10.9. The number of aliphatic hydroxyl groups excluding tert-OH is 1. The van der Waals surface area contributed by atoms with Crippen molar-refractivity contribution in [2.24, 2.45) is 0 Å². The Hall–Kier alpha value is -1.46. The molecule has 136 valence electrons. The molecule has 1 atom stereocenters. The van der Waals surface area contributed by atoms with Crippen molar-refractivity contribution in [3.05, 3.63) is 60.7 Å². The standard InChI is InChI=1S/C21H31NO2Si/c1-21(2,3)25(19-11-7-5-8-12-19,20-13-9-6-10-14-20)24-16-15-18(17-23)22-4/h5-14,18,22-23H,15-17H2,1-4H3/t18-/m0/s1. The summed E-state index contributed by atoms with van der Waals surface area (Å²) in [6.45, 7) is 7.59. The normalized spacial score (nSPS) is 13.6. The Balaban J connectivity index is 2.46. The van der Waals surface area contributed by atoms with Crippen LogP contribution < -0.4 is 15.7 Å². The lowest BCUT2D eigenvalue weighted by atomic mass is 10.2. The second-order valence-corrected chi connectivity index (χ2v) is 11.8. The van der Waals surface area contributed by atoms with E-state index < -0.39 is 8.32 Å². The number of rotatable bonds is 8. The highest BCUT2D eigenvalue weighted by molar-refractivity contribution is 6.99. The molecule has 0 aliphatic carbocycles. The van der Waals surface area contributed by atoms with Crippen LogP contribution in [-0.4, -0.2) is 39.7 Å². The topological polar surface area (TPSA) is 41.5 Å². The zero-order chi connectivity index (χ0) is 18.3. The molecule has 4 heteroatoms. The zero-order valence-electron chi connectivity index (χ0n) is 15.8. The summed E-state index contributed by atoms with van der Waals surface area (Å²) in [6.07, 6.45) is 0.789. The van der Waals surface area contributed by atoms with Gasteiger partial charge in [0.25, 0.3) is 8.32 Å². The van der Waals surface area contributed by atoms with Crippen molar-refractivity contribution < 1.29 is 9.53 Å². The summed E-state index contributed by atoms with van der Waals surface area (Å²) in [4.78, 5) is 0. The Labute approximate surface area is 153 Å². The highest BCUT2D eigenvalue weighted by Gasteiger charge is 2.49. The van der Waals surface area contributed by atoms with Gasteiger partial charge in [-0.05, 0) is 28.9 Å². The lowest BCUT2D eigenvalue weighted by molar-refractivity contribution is 0.209. The Bertz CT molecular complexity index is 582. The van der Waals surface area contributed by atoms with Gasteiger partial charge in [-0.3, -0.25) is 0 Å². The number of nitrogens with one attached hydrogen (secondary N) is 1. The molecule has 0 amide bonds. The van der Waals surface area contributed by atoms with Gasteiger partial charge in [-0.15, -0.1) is 0 Å². The van der Waals surface area contributed by atoms with Crippen LogP contribution in [0.3, 0.4) is 0 Å². The van der Waals surface area contributed by atoms with Gasteiger partial charge in [-0.25, -0.2) is 0 Å². The van der Waals surface area contributed by atoms with Gasteiger partial charge in [0, 0.05) is 12.6 Å². The van der Waals surface area contributed by atoms with E-state index in [1.807, 2.05) is 7.05 Å². The molecule has 2 aromatic carbocycles. The number of hydrogen-bond acceptors (Lipinski definition) is 3. The predicted octanol–water partition coefficient (Wildman–Crippen LogP) is 2.53. The summed E-state index contributed by atoms with van der Waals surface area (Å²) in [7, 11) is -0.572. The van der Waals surface area contributed by atoms with E-state index in [-0.39, 0.29) is 17.7 Å². The minimum atomic E-state index is -2.45. The maximum Gasteiger partial charge on any atom is 0.261 e. The van der Waals surface area contributed by atoms with Crippen LogP contribution >= 0.6 is 0 Å². The molecule has 2 aromatic rings. The van der Waals surface area contributed by atoms with Crippen LogP contribution in [0.5, 0.6) is 0 Å². The summed E-state index contributed by atoms with van der Waals surface area (Å²) < 4.78 is 6.79. The van der Waals surface area contributed by atoms with E-state index >= 15 is 0 Å². The van der Waals surface area contributed by atoms with Crippen LogP contribution in [0.25, 0.3) is 0 Å². The second-order valence-electron chi connectivity index (χ2n) is 7.47. The van der Waals surface area contributed by atoms with Gasteiger partial charge >= 0.3 is 0 Å². The molecule has 0 bridgehead atoms. The molecule has 0 aliphatic rings. The van der Waals surface area contributed by atoms with Gasteiger partial charge in [0.2, 0.25) is 0 Å². The Morgan fingerprint density at radius 1 is 0.960 bits per heavy atom. The van der Waals surface area contributed by atoms with E-state index in [1.165, 1.54) is 10.4 Å². The summed E-state index contributed by atoms with van der Waals surface area (Å²) >= 11 is 0. The van der Waals surface area contributed by atoms with Crippen molar-refractivity contribution in [1.82, 2.24) is 5.32 Å². The van der Waals surface area contributed by atoms with Gasteiger partial charge in [0.1, 0.15) is 0 Å². The molecule has 0 unspecified atom stereocenters. The highest BCUT2D eigenvalue weighted by Crippen LogP contribution is 2.36. The summed E-state index contributed by atoms with van der Waals surface area (Å²) in [5.41, 5.74) is 0. The largest absolute Gasteiger partial charge is 0.407 e. The third-order valence-electron chi connectivity index (χ3n) is 4.83. The predicted molar refractivity (Wildman–Crippen MR) is 108 cm³/mol. The molecular formula is C21H31NO2Si. The van der Waals surface area contributed by atoms with Gasteiger partial charge in [-0.1, -0.05) is 81.4 Å². The first-order valence-electron chi connectivity index (χ1n) is 8.99. The SMILES string of the molecule is CN[C@H](CO)CCO[Si](c1ccccc1)(c1ccccc1)C(C)(C)C. The number of likely N-dealkylation sites (N-methyl/N-ethyl adjacent to an activating group) is 1. The van der Waals surface area contributed by atoms with Crippen molar-refractivity contribution in [2.75, 3.05) is 20.3 Å². The van der Waals surface area contributed by atoms with Gasteiger partial charge in [-0.2, -0.15) is 0 Å². The van der Waals surface area contributed by atoms with Crippen LogP contribution in [0.15, 0.2) is 60.7 Å². The van der Waals surface area contributed by atoms with Gasteiger partial charge < -0.3 is 14.8 Å². The van der Waals surface area contributed by atoms with Crippen molar-refractivity contribution in [2.45, 2.75) is 38.3 Å². The summed E-state index contributed by atoms with van der Waals surface area (Å²) in [5.74, 6) is 0. The molecule has 2 N–H and O–H groups in total. The molecule has 0 radical (unpaired) electrons. The van der Waals surface area contributed by atoms with E-state index in [0.717, 1.165) is 6.42 Å².